The fraction of sp³-hybridized carbons (Fsp3) is 0.238. The van der Waals surface area contributed by atoms with Gasteiger partial charge in [-0.1, -0.05) is 132 Å². The number of rotatable bonds is 1. The molecule has 10 rings (SSSR count). The molecule has 7 aliphatic rings. The average Bonchev–Trinajstić information content (AvgIpc) is 3.51. The molecule has 3 aromatic carbocycles. The van der Waals surface area contributed by atoms with Crippen LogP contribution in [0.2, 0.25) is 0 Å². The molecule has 3 aromatic rings. The predicted molar refractivity (Wildman–Crippen MR) is 178 cm³/mol. The molecule has 6 atom stereocenters. The molecule has 202 valence electrons. The molecule has 0 N–H and O–H groups in total. The molecule has 0 nitrogen and oxygen atoms in total. The van der Waals surface area contributed by atoms with Gasteiger partial charge in [-0.3, -0.25) is 0 Å². The van der Waals surface area contributed by atoms with Crippen molar-refractivity contribution < 1.29 is 0 Å². The van der Waals surface area contributed by atoms with Crippen LogP contribution < -0.4 is 10.4 Å². The number of benzene rings is 3. The summed E-state index contributed by atoms with van der Waals surface area (Å²) in [6.07, 6.45) is 31.6. The summed E-state index contributed by atoms with van der Waals surface area (Å²) < 4.78 is 0. The second-order valence-corrected chi connectivity index (χ2v) is 13.6. The highest BCUT2D eigenvalue weighted by Gasteiger charge is 2.48. The standard InChI is InChI=1S/C42H34/c1-23-8-5-9-24(2)40(23)33-18-19-34-38-21-35-25(20-36(38)32-15-7-14-31(33)41(32)34)16-17-28-30-13-6-12-29-26-10-3-4-11-27(26)39(42(29)30)22-37(28)35/h4-9,11-23,31,36,38,40-41H,3,10H2,1-2H3/t23?,31-,36?,38+,40?,41?/m1/s1. The van der Waals surface area contributed by atoms with E-state index in [9.17, 15) is 0 Å². The average molecular weight is 539 g/mol. The third kappa shape index (κ3) is 2.88. The highest BCUT2D eigenvalue weighted by molar-refractivity contribution is 6.23. The molecular formula is C42H34. The lowest BCUT2D eigenvalue weighted by molar-refractivity contribution is 0.458. The molecule has 0 spiro atoms. The van der Waals surface area contributed by atoms with Gasteiger partial charge in [-0.2, -0.15) is 0 Å². The molecule has 0 amide bonds. The van der Waals surface area contributed by atoms with Crippen LogP contribution in [-0.2, 0) is 0 Å². The lowest BCUT2D eigenvalue weighted by Gasteiger charge is -2.38. The second kappa shape index (κ2) is 8.23. The minimum absolute atomic E-state index is 0.430. The Balaban J connectivity index is 1.19. The van der Waals surface area contributed by atoms with Crippen LogP contribution in [0.3, 0.4) is 0 Å². The van der Waals surface area contributed by atoms with Gasteiger partial charge in [0, 0.05) is 29.6 Å². The Labute approximate surface area is 247 Å². The van der Waals surface area contributed by atoms with Gasteiger partial charge >= 0.3 is 0 Å². The Morgan fingerprint density at radius 1 is 0.714 bits per heavy atom. The minimum Gasteiger partial charge on any atom is -0.0836 e. The van der Waals surface area contributed by atoms with Crippen molar-refractivity contribution in [3.8, 4) is 0 Å². The second-order valence-electron chi connectivity index (χ2n) is 13.6. The summed E-state index contributed by atoms with van der Waals surface area (Å²) in [4.78, 5) is 0. The maximum atomic E-state index is 2.66. The van der Waals surface area contributed by atoms with Crippen LogP contribution in [0, 0.1) is 35.5 Å². The molecule has 0 heterocycles. The van der Waals surface area contributed by atoms with Crippen molar-refractivity contribution in [1.82, 2.24) is 0 Å². The summed E-state index contributed by atoms with van der Waals surface area (Å²) in [5, 5.41) is 8.55. The third-order valence-electron chi connectivity index (χ3n) is 11.6. The maximum Gasteiger partial charge on any atom is 0.0126 e. The SMILES string of the molecule is CC1=CC=CC(C)C1C1=CC=C2C3C(=CC=C[C@H]13)C1C=c3ccc4c(cc5c6c(cccc64)C4=C5C=CCC4)c3=C[C@@H]21. The van der Waals surface area contributed by atoms with E-state index < -0.39 is 0 Å². The van der Waals surface area contributed by atoms with E-state index in [-0.39, 0.29) is 0 Å². The summed E-state index contributed by atoms with van der Waals surface area (Å²) in [5.74, 6) is 2.87. The van der Waals surface area contributed by atoms with Crippen molar-refractivity contribution in [2.75, 3.05) is 0 Å². The first-order valence-corrected chi connectivity index (χ1v) is 15.9. The molecular weight excluding hydrogens is 504 g/mol. The Morgan fingerprint density at radius 2 is 1.55 bits per heavy atom. The van der Waals surface area contributed by atoms with E-state index in [0.717, 1.165) is 12.8 Å². The number of hydrogen-bond acceptors (Lipinski definition) is 0. The fourth-order valence-electron chi connectivity index (χ4n) is 9.85. The minimum atomic E-state index is 0.430. The van der Waals surface area contributed by atoms with Crippen molar-refractivity contribution in [2.24, 2.45) is 35.5 Å². The van der Waals surface area contributed by atoms with Crippen molar-refractivity contribution in [3.63, 3.8) is 0 Å². The maximum absolute atomic E-state index is 2.66. The van der Waals surface area contributed by atoms with Crippen LogP contribution in [0.25, 0.3) is 44.8 Å². The van der Waals surface area contributed by atoms with Gasteiger partial charge in [0.05, 0.1) is 0 Å². The van der Waals surface area contributed by atoms with Gasteiger partial charge in [-0.05, 0) is 86.0 Å². The van der Waals surface area contributed by atoms with Gasteiger partial charge in [-0.25, -0.2) is 0 Å². The van der Waals surface area contributed by atoms with Crippen LogP contribution in [-0.4, -0.2) is 0 Å². The summed E-state index contributed by atoms with van der Waals surface area (Å²) in [5.41, 5.74) is 12.3. The fourth-order valence-corrected chi connectivity index (χ4v) is 9.85. The largest absolute Gasteiger partial charge is 0.0836 e. The van der Waals surface area contributed by atoms with E-state index in [2.05, 4.69) is 123 Å². The zero-order valence-electron chi connectivity index (χ0n) is 24.3. The molecule has 1 fully saturated rings. The zero-order chi connectivity index (χ0) is 27.7. The monoisotopic (exact) mass is 538 g/mol. The summed E-state index contributed by atoms with van der Waals surface area (Å²) >= 11 is 0. The quantitative estimate of drug-likeness (QED) is 0.272. The molecule has 0 heteroatoms. The van der Waals surface area contributed by atoms with Gasteiger partial charge in [0.1, 0.15) is 0 Å². The van der Waals surface area contributed by atoms with Crippen LogP contribution in [0.5, 0.6) is 0 Å². The molecule has 0 aliphatic heterocycles. The van der Waals surface area contributed by atoms with Gasteiger partial charge in [0.15, 0.2) is 0 Å². The molecule has 1 saturated carbocycles. The van der Waals surface area contributed by atoms with E-state index in [1.54, 1.807) is 22.3 Å². The molecule has 7 aliphatic carbocycles. The zero-order valence-corrected chi connectivity index (χ0v) is 24.3. The van der Waals surface area contributed by atoms with E-state index in [1.807, 2.05) is 0 Å². The van der Waals surface area contributed by atoms with Gasteiger partial charge in [0.25, 0.3) is 0 Å². The van der Waals surface area contributed by atoms with Crippen LogP contribution in [0.4, 0.5) is 0 Å². The Hall–Kier alpha value is -4.16. The topological polar surface area (TPSA) is 0 Å². The van der Waals surface area contributed by atoms with Crippen LogP contribution in [0.15, 0.2) is 119 Å². The predicted octanol–water partition coefficient (Wildman–Crippen LogP) is 8.75. The number of allylic oxidation sites excluding steroid dienone is 16. The van der Waals surface area contributed by atoms with E-state index >= 15 is 0 Å². The summed E-state index contributed by atoms with van der Waals surface area (Å²) in [6.45, 7) is 4.71. The highest BCUT2D eigenvalue weighted by Crippen LogP contribution is 2.57. The number of fused-ring (bicyclic) bond motifs is 9. The van der Waals surface area contributed by atoms with Crippen LogP contribution in [0.1, 0.15) is 37.8 Å². The lowest BCUT2D eigenvalue weighted by atomic mass is 9.66. The van der Waals surface area contributed by atoms with E-state index in [4.69, 9.17) is 0 Å². The van der Waals surface area contributed by atoms with Gasteiger partial charge < -0.3 is 0 Å². The van der Waals surface area contributed by atoms with Crippen LogP contribution >= 0.6 is 0 Å². The third-order valence-corrected chi connectivity index (χ3v) is 11.6. The van der Waals surface area contributed by atoms with E-state index in [0.29, 0.717) is 35.5 Å². The first-order valence-electron chi connectivity index (χ1n) is 15.9. The molecule has 0 aromatic heterocycles. The summed E-state index contributed by atoms with van der Waals surface area (Å²) in [6, 6.07) is 14.3. The summed E-state index contributed by atoms with van der Waals surface area (Å²) in [7, 11) is 0. The smallest absolute Gasteiger partial charge is 0.0126 e. The number of hydrogen-bond donors (Lipinski definition) is 0. The Kier molecular flexibility index (Phi) is 4.59. The van der Waals surface area contributed by atoms with Crippen molar-refractivity contribution in [1.29, 1.82) is 0 Å². The Morgan fingerprint density at radius 3 is 2.45 bits per heavy atom. The highest BCUT2D eigenvalue weighted by atomic mass is 14.5. The normalized spacial score (nSPS) is 31.0. The molecule has 42 heavy (non-hydrogen) atoms. The Bertz CT molecular complexity index is 2180. The first-order chi connectivity index (χ1) is 20.7. The van der Waals surface area contributed by atoms with Gasteiger partial charge in [-0.15, -0.1) is 0 Å². The van der Waals surface area contributed by atoms with E-state index in [1.165, 1.54) is 54.3 Å². The molecule has 0 saturated heterocycles. The molecule has 0 radical (unpaired) electrons. The molecule has 0 bridgehead atoms. The van der Waals surface area contributed by atoms with Crippen molar-refractivity contribution in [2.45, 2.75) is 26.7 Å². The molecule has 4 unspecified atom stereocenters. The van der Waals surface area contributed by atoms with Gasteiger partial charge in [0.2, 0.25) is 0 Å². The first kappa shape index (κ1) is 23.4. The van der Waals surface area contributed by atoms with Crippen molar-refractivity contribution in [3.05, 3.63) is 141 Å². The van der Waals surface area contributed by atoms with Crippen molar-refractivity contribution >= 4 is 44.8 Å². The lowest BCUT2D eigenvalue weighted by Crippen LogP contribution is -2.32.